The summed E-state index contributed by atoms with van der Waals surface area (Å²) in [5.74, 6) is 0.606. The van der Waals surface area contributed by atoms with Crippen LogP contribution in [0.25, 0.3) is 17.1 Å². The van der Waals surface area contributed by atoms with Crippen molar-refractivity contribution in [3.8, 4) is 17.1 Å². The van der Waals surface area contributed by atoms with Crippen molar-refractivity contribution < 1.29 is 4.79 Å². The highest BCUT2D eigenvalue weighted by Gasteiger charge is 2.17. The van der Waals surface area contributed by atoms with Crippen molar-refractivity contribution in [3.63, 3.8) is 0 Å². The molecular formula is C25H22ClN5OS. The fourth-order valence-corrected chi connectivity index (χ4v) is 4.01. The van der Waals surface area contributed by atoms with Crippen LogP contribution in [0.1, 0.15) is 18.1 Å². The van der Waals surface area contributed by atoms with Gasteiger partial charge in [-0.3, -0.25) is 9.36 Å². The maximum absolute atomic E-state index is 12.4. The van der Waals surface area contributed by atoms with Crippen molar-refractivity contribution in [1.82, 2.24) is 20.2 Å². The number of hydrazone groups is 1. The second kappa shape index (κ2) is 10.9. The summed E-state index contributed by atoms with van der Waals surface area (Å²) < 4.78 is 1.92. The van der Waals surface area contributed by atoms with Crippen LogP contribution in [0.2, 0.25) is 5.02 Å². The lowest BCUT2D eigenvalue weighted by Gasteiger charge is -2.10. The van der Waals surface area contributed by atoms with E-state index in [-0.39, 0.29) is 11.7 Å². The highest BCUT2D eigenvalue weighted by atomic mass is 35.5. The number of aryl methyl sites for hydroxylation is 1. The first-order valence-corrected chi connectivity index (χ1v) is 11.8. The van der Waals surface area contributed by atoms with Crippen molar-refractivity contribution in [3.05, 3.63) is 95.0 Å². The van der Waals surface area contributed by atoms with E-state index >= 15 is 0 Å². The fourth-order valence-electron chi connectivity index (χ4n) is 3.14. The van der Waals surface area contributed by atoms with E-state index in [1.807, 2.05) is 83.4 Å². The zero-order valence-corrected chi connectivity index (χ0v) is 19.6. The summed E-state index contributed by atoms with van der Waals surface area (Å²) in [5.41, 5.74) is 6.54. The van der Waals surface area contributed by atoms with Gasteiger partial charge in [0.1, 0.15) is 0 Å². The molecule has 4 rings (SSSR count). The molecule has 0 saturated heterocycles. The molecule has 0 aliphatic rings. The summed E-state index contributed by atoms with van der Waals surface area (Å²) in [7, 11) is 0. The van der Waals surface area contributed by atoms with E-state index in [1.54, 1.807) is 6.21 Å². The van der Waals surface area contributed by atoms with Crippen LogP contribution in [0.4, 0.5) is 0 Å². The Morgan fingerprint density at radius 3 is 2.45 bits per heavy atom. The monoisotopic (exact) mass is 475 g/mol. The number of nitrogens with zero attached hydrogens (tertiary/aromatic N) is 4. The Hall–Kier alpha value is -3.42. The lowest BCUT2D eigenvalue weighted by molar-refractivity contribution is -0.118. The molecule has 1 N–H and O–H groups in total. The van der Waals surface area contributed by atoms with Crippen LogP contribution in [0.3, 0.4) is 0 Å². The molecule has 0 aliphatic heterocycles. The smallest absolute Gasteiger partial charge is 0.250 e. The third kappa shape index (κ3) is 5.88. The zero-order valence-electron chi connectivity index (χ0n) is 18.0. The Labute approximate surface area is 201 Å². The van der Waals surface area contributed by atoms with Crippen LogP contribution in [0.15, 0.2) is 89.1 Å². The average molecular weight is 476 g/mol. The molecule has 0 saturated carbocycles. The van der Waals surface area contributed by atoms with E-state index in [9.17, 15) is 4.79 Å². The number of hydrogen-bond acceptors (Lipinski definition) is 5. The first kappa shape index (κ1) is 22.8. The molecule has 1 heterocycles. The Morgan fingerprint density at radius 2 is 1.76 bits per heavy atom. The SMILES string of the molecule is CCc1ccc(C=NNC(=O)CSc2nnc(-c3ccccc3)n2-c2ccc(Cl)cc2)cc1. The van der Waals surface area contributed by atoms with Gasteiger partial charge in [0.05, 0.1) is 12.0 Å². The number of amides is 1. The number of rotatable bonds is 8. The van der Waals surface area contributed by atoms with E-state index < -0.39 is 0 Å². The van der Waals surface area contributed by atoms with Gasteiger partial charge in [-0.2, -0.15) is 5.10 Å². The van der Waals surface area contributed by atoms with Crippen LogP contribution in [-0.2, 0) is 11.2 Å². The lowest BCUT2D eigenvalue weighted by Crippen LogP contribution is -2.20. The number of hydrogen-bond donors (Lipinski definition) is 1. The van der Waals surface area contributed by atoms with Crippen LogP contribution >= 0.6 is 23.4 Å². The van der Waals surface area contributed by atoms with Crippen molar-refractivity contribution in [2.45, 2.75) is 18.5 Å². The third-order valence-corrected chi connectivity index (χ3v) is 6.05. The summed E-state index contributed by atoms with van der Waals surface area (Å²) in [4.78, 5) is 12.4. The van der Waals surface area contributed by atoms with Gasteiger partial charge in [-0.1, -0.05) is 84.9 Å². The lowest BCUT2D eigenvalue weighted by atomic mass is 10.1. The zero-order chi connectivity index (χ0) is 23.0. The number of nitrogens with one attached hydrogen (secondary N) is 1. The molecule has 0 aliphatic carbocycles. The van der Waals surface area contributed by atoms with Gasteiger partial charge in [0, 0.05) is 16.3 Å². The fraction of sp³-hybridized carbons (Fsp3) is 0.120. The molecule has 0 spiro atoms. The van der Waals surface area contributed by atoms with Gasteiger partial charge in [0.15, 0.2) is 11.0 Å². The molecule has 6 nitrogen and oxygen atoms in total. The van der Waals surface area contributed by atoms with Crippen LogP contribution in [-0.4, -0.2) is 32.6 Å². The van der Waals surface area contributed by atoms with Gasteiger partial charge in [-0.25, -0.2) is 5.43 Å². The maximum atomic E-state index is 12.4. The molecule has 1 amide bonds. The first-order valence-electron chi connectivity index (χ1n) is 10.4. The summed E-state index contributed by atoms with van der Waals surface area (Å²) in [6, 6.07) is 25.3. The summed E-state index contributed by atoms with van der Waals surface area (Å²) >= 11 is 7.36. The summed E-state index contributed by atoms with van der Waals surface area (Å²) in [5, 5.41) is 14.0. The van der Waals surface area contributed by atoms with E-state index in [4.69, 9.17) is 11.6 Å². The van der Waals surface area contributed by atoms with Crippen LogP contribution in [0.5, 0.6) is 0 Å². The number of carbonyl (C=O) groups excluding carboxylic acids is 1. The largest absolute Gasteiger partial charge is 0.272 e. The van der Waals surface area contributed by atoms with Gasteiger partial charge < -0.3 is 0 Å². The number of aromatic nitrogens is 3. The van der Waals surface area contributed by atoms with E-state index in [2.05, 4.69) is 27.6 Å². The molecular weight excluding hydrogens is 454 g/mol. The Bertz CT molecular complexity index is 1240. The molecule has 4 aromatic rings. The van der Waals surface area contributed by atoms with Crippen molar-refractivity contribution in [1.29, 1.82) is 0 Å². The molecule has 33 heavy (non-hydrogen) atoms. The molecule has 0 fully saturated rings. The minimum Gasteiger partial charge on any atom is -0.272 e. The molecule has 8 heteroatoms. The van der Waals surface area contributed by atoms with Crippen molar-refractivity contribution in [2.24, 2.45) is 5.10 Å². The summed E-state index contributed by atoms with van der Waals surface area (Å²) in [6.07, 6.45) is 2.61. The minimum atomic E-state index is -0.228. The number of benzene rings is 3. The van der Waals surface area contributed by atoms with Gasteiger partial charge in [0.25, 0.3) is 5.91 Å². The Morgan fingerprint density at radius 1 is 1.03 bits per heavy atom. The molecule has 0 atom stereocenters. The molecule has 0 bridgehead atoms. The Balaban J connectivity index is 1.47. The van der Waals surface area contributed by atoms with Gasteiger partial charge in [0.2, 0.25) is 0 Å². The number of halogens is 1. The predicted octanol–water partition coefficient (Wildman–Crippen LogP) is 5.39. The van der Waals surface area contributed by atoms with Crippen LogP contribution < -0.4 is 5.43 Å². The average Bonchev–Trinajstić information content (AvgIpc) is 3.28. The van der Waals surface area contributed by atoms with Gasteiger partial charge in [-0.05, 0) is 41.8 Å². The highest BCUT2D eigenvalue weighted by Crippen LogP contribution is 2.28. The topological polar surface area (TPSA) is 72.2 Å². The second-order valence-corrected chi connectivity index (χ2v) is 8.54. The van der Waals surface area contributed by atoms with Gasteiger partial charge >= 0.3 is 0 Å². The number of thioether (sulfide) groups is 1. The third-order valence-electron chi connectivity index (χ3n) is 4.87. The first-order chi connectivity index (χ1) is 16.1. The molecule has 0 unspecified atom stereocenters. The minimum absolute atomic E-state index is 0.145. The maximum Gasteiger partial charge on any atom is 0.250 e. The highest BCUT2D eigenvalue weighted by molar-refractivity contribution is 7.99. The normalized spacial score (nSPS) is 11.1. The number of carbonyl (C=O) groups is 1. The molecule has 3 aromatic carbocycles. The quantitative estimate of drug-likeness (QED) is 0.210. The van der Waals surface area contributed by atoms with Crippen molar-refractivity contribution in [2.75, 3.05) is 5.75 Å². The summed E-state index contributed by atoms with van der Waals surface area (Å²) in [6.45, 7) is 2.11. The second-order valence-electron chi connectivity index (χ2n) is 7.16. The molecule has 1 aromatic heterocycles. The van der Waals surface area contributed by atoms with E-state index in [1.165, 1.54) is 17.3 Å². The molecule has 0 radical (unpaired) electrons. The molecule has 166 valence electrons. The standard InChI is InChI=1S/C25H22ClN5OS/c1-2-18-8-10-19(11-9-18)16-27-28-23(32)17-33-25-30-29-24(20-6-4-3-5-7-20)31(25)22-14-12-21(26)13-15-22/h3-16H,2,17H2,1H3,(H,28,32). The van der Waals surface area contributed by atoms with Crippen molar-refractivity contribution >= 4 is 35.5 Å². The van der Waals surface area contributed by atoms with Gasteiger partial charge in [-0.15, -0.1) is 10.2 Å². The van der Waals surface area contributed by atoms with Crippen LogP contribution in [0, 0.1) is 0 Å². The predicted molar refractivity (Wildman–Crippen MR) is 134 cm³/mol. The Kier molecular flexibility index (Phi) is 7.55. The van der Waals surface area contributed by atoms with E-state index in [0.29, 0.717) is 16.0 Å². The van der Waals surface area contributed by atoms with E-state index in [0.717, 1.165) is 23.2 Å².